The average molecular weight is 438 g/mol. The van der Waals surface area contributed by atoms with E-state index < -0.39 is 23.5 Å². The summed E-state index contributed by atoms with van der Waals surface area (Å²) < 4.78 is 20.6. The number of Topliss-reactive ketones (excluding diaryl/α,β-unsaturated/α-hetero) is 1. The van der Waals surface area contributed by atoms with Gasteiger partial charge in [0.1, 0.15) is 17.3 Å². The van der Waals surface area contributed by atoms with Crippen LogP contribution in [0.2, 0.25) is 0 Å². The zero-order chi connectivity index (χ0) is 22.8. The number of carbonyl (C=O) groups is 2. The smallest absolute Gasteiger partial charge is 0.295 e. The van der Waals surface area contributed by atoms with E-state index in [1.54, 1.807) is 42.5 Å². The zero-order valence-corrected chi connectivity index (χ0v) is 18.4. The molecule has 5 nitrogen and oxygen atoms in total. The lowest BCUT2D eigenvalue weighted by Crippen LogP contribution is -2.38. The summed E-state index contributed by atoms with van der Waals surface area (Å²) in [5.41, 5.74) is 0.498. The number of aliphatic hydroxyl groups is 1. The van der Waals surface area contributed by atoms with Crippen molar-refractivity contribution in [2.75, 3.05) is 6.61 Å². The topological polar surface area (TPSA) is 66.8 Å². The Labute approximate surface area is 187 Å². The molecule has 0 aromatic heterocycles. The van der Waals surface area contributed by atoms with Crippen LogP contribution in [0.1, 0.15) is 56.7 Å². The number of aliphatic hydroxyl groups excluding tert-OH is 1. The zero-order valence-electron chi connectivity index (χ0n) is 18.4. The summed E-state index contributed by atoms with van der Waals surface area (Å²) in [6.07, 6.45) is 3.42. The first-order valence-corrected chi connectivity index (χ1v) is 11.2. The fourth-order valence-electron chi connectivity index (χ4n) is 4.56. The molecule has 2 aromatic carbocycles. The van der Waals surface area contributed by atoms with Crippen LogP contribution in [0.5, 0.6) is 5.75 Å². The summed E-state index contributed by atoms with van der Waals surface area (Å²) in [4.78, 5) is 27.7. The van der Waals surface area contributed by atoms with Crippen LogP contribution < -0.4 is 4.74 Å². The van der Waals surface area contributed by atoms with Gasteiger partial charge in [-0.15, -0.1) is 0 Å². The third-order valence-electron chi connectivity index (χ3n) is 6.09. The van der Waals surface area contributed by atoms with Crippen molar-refractivity contribution in [1.29, 1.82) is 0 Å². The molecule has 2 aromatic rings. The molecule has 2 aliphatic rings. The Kier molecular flexibility index (Phi) is 6.31. The van der Waals surface area contributed by atoms with Gasteiger partial charge in [0.25, 0.3) is 11.7 Å². The van der Waals surface area contributed by atoms with E-state index in [0.29, 0.717) is 23.8 Å². The Morgan fingerprint density at radius 2 is 1.84 bits per heavy atom. The molecular weight excluding hydrogens is 409 g/mol. The average Bonchev–Trinajstić information content (AvgIpc) is 3.39. The van der Waals surface area contributed by atoms with Gasteiger partial charge in [-0.05, 0) is 37.0 Å². The highest BCUT2D eigenvalue weighted by Gasteiger charge is 2.49. The van der Waals surface area contributed by atoms with Crippen LogP contribution >= 0.6 is 0 Å². The number of hydrogen-bond acceptors (Lipinski definition) is 4. The number of halogens is 1. The lowest BCUT2D eigenvalue weighted by molar-refractivity contribution is -0.141. The molecule has 1 atom stereocenters. The first-order chi connectivity index (χ1) is 15.4. The van der Waals surface area contributed by atoms with E-state index in [-0.39, 0.29) is 22.9 Å². The van der Waals surface area contributed by atoms with Gasteiger partial charge in [-0.25, -0.2) is 4.39 Å². The molecule has 32 heavy (non-hydrogen) atoms. The van der Waals surface area contributed by atoms with Crippen LogP contribution in [-0.4, -0.2) is 34.3 Å². The number of hydrogen-bond donors (Lipinski definition) is 1. The van der Waals surface area contributed by atoms with Crippen molar-refractivity contribution in [3.05, 3.63) is 71.0 Å². The molecule has 168 valence electrons. The van der Waals surface area contributed by atoms with E-state index in [9.17, 15) is 19.1 Å². The second-order valence-electron chi connectivity index (χ2n) is 8.90. The number of ketones is 1. The highest BCUT2D eigenvalue weighted by molar-refractivity contribution is 6.46. The third-order valence-corrected chi connectivity index (χ3v) is 6.09. The van der Waals surface area contributed by atoms with Gasteiger partial charge in [-0.1, -0.05) is 57.0 Å². The van der Waals surface area contributed by atoms with Crippen LogP contribution in [0, 0.1) is 11.7 Å². The number of nitrogens with zero attached hydrogens (tertiary/aromatic N) is 1. The van der Waals surface area contributed by atoms with Crippen molar-refractivity contribution >= 4 is 17.4 Å². The van der Waals surface area contributed by atoms with Crippen molar-refractivity contribution < 1.29 is 23.8 Å². The van der Waals surface area contributed by atoms with Crippen molar-refractivity contribution in [3.8, 4) is 5.75 Å². The van der Waals surface area contributed by atoms with Gasteiger partial charge in [-0.2, -0.15) is 0 Å². The maximum atomic E-state index is 14.9. The van der Waals surface area contributed by atoms with E-state index in [4.69, 9.17) is 4.74 Å². The predicted octanol–water partition coefficient (Wildman–Crippen LogP) is 5.22. The Morgan fingerprint density at radius 1 is 1.12 bits per heavy atom. The first-order valence-electron chi connectivity index (χ1n) is 11.2. The van der Waals surface area contributed by atoms with Crippen molar-refractivity contribution in [2.24, 2.45) is 5.92 Å². The summed E-state index contributed by atoms with van der Waals surface area (Å²) in [6.45, 7) is 4.57. The molecule has 6 heteroatoms. The van der Waals surface area contributed by atoms with Crippen LogP contribution in [0.4, 0.5) is 4.39 Å². The van der Waals surface area contributed by atoms with Crippen LogP contribution in [-0.2, 0) is 9.59 Å². The van der Waals surface area contributed by atoms with Gasteiger partial charge < -0.3 is 14.7 Å². The number of amides is 1. The molecule has 0 bridgehead atoms. The van der Waals surface area contributed by atoms with Gasteiger partial charge in [0.2, 0.25) is 0 Å². The minimum Gasteiger partial charge on any atom is -0.507 e. The van der Waals surface area contributed by atoms with E-state index in [2.05, 4.69) is 0 Å². The largest absolute Gasteiger partial charge is 0.507 e. The van der Waals surface area contributed by atoms with Crippen molar-refractivity contribution in [1.82, 2.24) is 4.90 Å². The second kappa shape index (κ2) is 9.15. The Bertz CT molecular complexity index is 1060. The summed E-state index contributed by atoms with van der Waals surface area (Å²) in [5.74, 6) is -1.41. The van der Waals surface area contributed by atoms with E-state index in [0.717, 1.165) is 25.7 Å². The molecule has 4 rings (SSSR count). The molecule has 1 N–H and O–H groups in total. The molecule has 1 unspecified atom stereocenters. The number of likely N-dealkylation sites (tertiary alicyclic amines) is 1. The van der Waals surface area contributed by atoms with Crippen LogP contribution in [0.3, 0.4) is 0 Å². The van der Waals surface area contributed by atoms with Gasteiger partial charge in [0, 0.05) is 17.2 Å². The SMILES string of the molecule is CC(C)COc1cccc(/C(O)=C2/C(=O)C(=O)N(C3CCCC3)C2c2ccccc2F)c1. The van der Waals surface area contributed by atoms with Crippen LogP contribution in [0.15, 0.2) is 54.1 Å². The Hall–Kier alpha value is -3.15. The molecule has 0 spiro atoms. The maximum absolute atomic E-state index is 14.9. The molecule has 2 fully saturated rings. The Balaban J connectivity index is 1.82. The summed E-state index contributed by atoms with van der Waals surface area (Å²) >= 11 is 0. The molecule has 1 saturated heterocycles. The number of benzene rings is 2. The minimum absolute atomic E-state index is 0.0759. The predicted molar refractivity (Wildman–Crippen MR) is 120 cm³/mol. The molecular formula is C26H28FNO4. The molecule has 1 heterocycles. The lowest BCUT2D eigenvalue weighted by atomic mass is 9.94. The van der Waals surface area contributed by atoms with Crippen molar-refractivity contribution in [3.63, 3.8) is 0 Å². The maximum Gasteiger partial charge on any atom is 0.295 e. The standard InChI is InChI=1S/C26H28FNO4/c1-16(2)15-32-19-11-7-8-17(14-19)24(29)22-23(20-12-5-6-13-21(20)27)28(26(31)25(22)30)18-9-3-4-10-18/h5-8,11-14,16,18,23,29H,3-4,9-10,15H2,1-2H3/b24-22-. The molecule has 1 saturated carbocycles. The van der Waals surface area contributed by atoms with Gasteiger partial charge in [0.15, 0.2) is 0 Å². The molecule has 1 amide bonds. The lowest BCUT2D eigenvalue weighted by Gasteiger charge is -2.31. The molecule has 0 radical (unpaired) electrons. The van der Waals surface area contributed by atoms with Gasteiger partial charge in [0.05, 0.1) is 18.2 Å². The number of ether oxygens (including phenoxy) is 1. The third kappa shape index (κ3) is 4.14. The highest BCUT2D eigenvalue weighted by atomic mass is 19.1. The van der Waals surface area contributed by atoms with Crippen LogP contribution in [0.25, 0.3) is 5.76 Å². The summed E-state index contributed by atoms with van der Waals surface area (Å²) in [5, 5.41) is 11.2. The monoisotopic (exact) mass is 437 g/mol. The molecule has 1 aliphatic carbocycles. The van der Waals surface area contributed by atoms with Gasteiger partial charge in [-0.3, -0.25) is 9.59 Å². The molecule has 1 aliphatic heterocycles. The van der Waals surface area contributed by atoms with Crippen molar-refractivity contribution in [2.45, 2.75) is 51.6 Å². The minimum atomic E-state index is -0.959. The summed E-state index contributed by atoms with van der Waals surface area (Å²) in [6, 6.07) is 11.8. The fraction of sp³-hybridized carbons (Fsp3) is 0.385. The number of rotatable bonds is 6. The van der Waals surface area contributed by atoms with E-state index >= 15 is 0 Å². The first kappa shape index (κ1) is 22.1. The fourth-order valence-corrected chi connectivity index (χ4v) is 4.56. The Morgan fingerprint density at radius 3 is 2.53 bits per heavy atom. The normalized spacial score (nSPS) is 21.0. The quantitative estimate of drug-likeness (QED) is 0.382. The van der Waals surface area contributed by atoms with Gasteiger partial charge >= 0.3 is 0 Å². The number of carbonyl (C=O) groups excluding carboxylic acids is 2. The summed E-state index contributed by atoms with van der Waals surface area (Å²) in [7, 11) is 0. The second-order valence-corrected chi connectivity index (χ2v) is 8.90. The highest BCUT2D eigenvalue weighted by Crippen LogP contribution is 2.44. The van der Waals surface area contributed by atoms with E-state index in [1.807, 2.05) is 13.8 Å². The van der Waals surface area contributed by atoms with E-state index in [1.165, 1.54) is 11.0 Å².